The number of rotatable bonds is 28. The monoisotopic (exact) mass is 558 g/mol. The molecule has 0 radical (unpaired) electrons. The number of carbonyl (C=O) groups is 1. The van der Waals surface area contributed by atoms with E-state index in [-0.39, 0.29) is 5.97 Å². The van der Waals surface area contributed by atoms with Crippen LogP contribution in [0.1, 0.15) is 161 Å². The molecule has 1 aromatic rings. The van der Waals surface area contributed by atoms with Gasteiger partial charge in [-0.05, 0) is 43.0 Å². The quantitative estimate of drug-likeness (QED) is 0.0583. The molecule has 0 atom stereocenters. The largest absolute Gasteiger partial charge is 0.490 e. The number of hydrogen-bond donors (Lipinski definition) is 0. The molecule has 1 rings (SSSR count). The Morgan fingerprint density at radius 1 is 0.550 bits per heavy atom. The van der Waals surface area contributed by atoms with Crippen LogP contribution in [0.4, 0.5) is 0 Å². The third kappa shape index (κ3) is 20.9. The smallest absolute Gasteiger partial charge is 0.330 e. The zero-order valence-electron chi connectivity index (χ0n) is 26.5. The van der Waals surface area contributed by atoms with Crippen molar-refractivity contribution >= 4 is 12.0 Å². The van der Waals surface area contributed by atoms with Crippen LogP contribution in [-0.4, -0.2) is 25.8 Å². The van der Waals surface area contributed by atoms with Gasteiger partial charge in [-0.15, -0.1) is 0 Å². The summed E-state index contributed by atoms with van der Waals surface area (Å²) < 4.78 is 17.5. The molecule has 0 saturated carbocycles. The maximum Gasteiger partial charge on any atom is 0.330 e. The molecule has 4 nitrogen and oxygen atoms in total. The second-order valence-corrected chi connectivity index (χ2v) is 11.3. The molecule has 0 fully saturated rings. The van der Waals surface area contributed by atoms with E-state index < -0.39 is 0 Å². The van der Waals surface area contributed by atoms with Gasteiger partial charge in [0.2, 0.25) is 0 Å². The average Bonchev–Trinajstić information content (AvgIpc) is 2.97. The summed E-state index contributed by atoms with van der Waals surface area (Å²) in [4.78, 5) is 11.9. The minimum Gasteiger partial charge on any atom is -0.490 e. The molecular formula is C36H62O4. The van der Waals surface area contributed by atoms with Crippen LogP contribution in [-0.2, 0) is 9.53 Å². The third-order valence-electron chi connectivity index (χ3n) is 7.34. The molecule has 0 amide bonds. The fourth-order valence-electron chi connectivity index (χ4n) is 4.82. The Balaban J connectivity index is 2.42. The first-order valence-electron chi connectivity index (χ1n) is 17.0. The molecule has 0 aliphatic heterocycles. The van der Waals surface area contributed by atoms with Gasteiger partial charge in [0.1, 0.15) is 0 Å². The maximum atomic E-state index is 11.9. The highest BCUT2D eigenvalue weighted by atomic mass is 16.5. The SMILES string of the molecule is CCCCCCCCCCCCOc1ccc(C=CC(=O)OCCC)cc1OCCCCCCCCCCCC. The van der Waals surface area contributed by atoms with E-state index in [1.54, 1.807) is 6.08 Å². The van der Waals surface area contributed by atoms with E-state index in [1.165, 1.54) is 122 Å². The van der Waals surface area contributed by atoms with Gasteiger partial charge in [0.15, 0.2) is 11.5 Å². The number of esters is 1. The Labute approximate surface area is 247 Å². The molecule has 0 saturated heterocycles. The van der Waals surface area contributed by atoms with E-state index in [4.69, 9.17) is 14.2 Å². The van der Waals surface area contributed by atoms with Gasteiger partial charge in [0.25, 0.3) is 0 Å². The van der Waals surface area contributed by atoms with Gasteiger partial charge in [-0.3, -0.25) is 0 Å². The number of hydrogen-bond acceptors (Lipinski definition) is 4. The Kier molecular flexibility index (Phi) is 24.5. The number of benzene rings is 1. The van der Waals surface area contributed by atoms with E-state index in [0.29, 0.717) is 19.8 Å². The lowest BCUT2D eigenvalue weighted by Crippen LogP contribution is -2.03. The number of unbranched alkanes of at least 4 members (excludes halogenated alkanes) is 18. The fourth-order valence-corrected chi connectivity index (χ4v) is 4.82. The van der Waals surface area contributed by atoms with Crippen molar-refractivity contribution in [2.24, 2.45) is 0 Å². The standard InChI is InChI=1S/C36H62O4/c1-4-7-9-11-13-15-17-19-21-23-30-38-34-27-25-33(26-28-36(37)40-29-6-3)32-35(34)39-31-24-22-20-18-16-14-12-10-8-5-2/h25-28,32H,4-24,29-31H2,1-3H3. The van der Waals surface area contributed by atoms with Crippen LogP contribution in [0.15, 0.2) is 24.3 Å². The topological polar surface area (TPSA) is 44.8 Å². The summed E-state index contributed by atoms with van der Waals surface area (Å²) in [6.45, 7) is 8.38. The maximum absolute atomic E-state index is 11.9. The van der Waals surface area contributed by atoms with Gasteiger partial charge in [-0.25, -0.2) is 4.79 Å². The van der Waals surface area contributed by atoms with Crippen molar-refractivity contribution in [1.29, 1.82) is 0 Å². The first-order valence-corrected chi connectivity index (χ1v) is 17.0. The van der Waals surface area contributed by atoms with Gasteiger partial charge >= 0.3 is 5.97 Å². The van der Waals surface area contributed by atoms with Crippen LogP contribution in [0.25, 0.3) is 6.08 Å². The normalized spacial score (nSPS) is 11.3. The van der Waals surface area contributed by atoms with Gasteiger partial charge in [-0.1, -0.05) is 142 Å². The lowest BCUT2D eigenvalue weighted by molar-refractivity contribution is -0.137. The van der Waals surface area contributed by atoms with Gasteiger partial charge in [0, 0.05) is 6.08 Å². The van der Waals surface area contributed by atoms with Crippen molar-refractivity contribution < 1.29 is 19.0 Å². The summed E-state index contributed by atoms with van der Waals surface area (Å²) >= 11 is 0. The zero-order chi connectivity index (χ0) is 28.9. The molecule has 0 aliphatic rings. The minimum absolute atomic E-state index is 0.309. The van der Waals surface area contributed by atoms with Gasteiger partial charge in [-0.2, -0.15) is 0 Å². The third-order valence-corrected chi connectivity index (χ3v) is 7.34. The lowest BCUT2D eigenvalue weighted by atomic mass is 10.1. The molecule has 1 aromatic carbocycles. The van der Waals surface area contributed by atoms with Crippen LogP contribution in [0.5, 0.6) is 11.5 Å². The van der Waals surface area contributed by atoms with Gasteiger partial charge < -0.3 is 14.2 Å². The summed E-state index contributed by atoms with van der Waals surface area (Å²) in [6.07, 6.45) is 30.3. The van der Waals surface area contributed by atoms with Crippen LogP contribution in [0.2, 0.25) is 0 Å². The Hall–Kier alpha value is -1.97. The Bertz CT molecular complexity index is 742. The summed E-state index contributed by atoms with van der Waals surface area (Å²) in [6, 6.07) is 5.93. The highest BCUT2D eigenvalue weighted by molar-refractivity contribution is 5.87. The number of carbonyl (C=O) groups excluding carboxylic acids is 1. The van der Waals surface area contributed by atoms with Crippen LogP contribution in [0, 0.1) is 0 Å². The number of ether oxygens (including phenoxy) is 3. The van der Waals surface area contributed by atoms with E-state index in [1.807, 2.05) is 25.1 Å². The Morgan fingerprint density at radius 3 is 1.48 bits per heavy atom. The predicted octanol–water partition coefficient (Wildman–Crippen LogP) is 11.3. The van der Waals surface area contributed by atoms with Crippen molar-refractivity contribution in [2.45, 2.75) is 156 Å². The van der Waals surface area contributed by atoms with Gasteiger partial charge in [0.05, 0.1) is 19.8 Å². The van der Waals surface area contributed by atoms with E-state index in [0.717, 1.165) is 36.3 Å². The van der Waals surface area contributed by atoms with Crippen LogP contribution >= 0.6 is 0 Å². The molecule has 40 heavy (non-hydrogen) atoms. The summed E-state index contributed by atoms with van der Waals surface area (Å²) in [7, 11) is 0. The predicted molar refractivity (Wildman–Crippen MR) is 171 cm³/mol. The van der Waals surface area contributed by atoms with Crippen molar-refractivity contribution in [3.8, 4) is 11.5 Å². The fraction of sp³-hybridized carbons (Fsp3) is 0.750. The summed E-state index contributed by atoms with van der Waals surface area (Å²) in [5.41, 5.74) is 0.915. The summed E-state index contributed by atoms with van der Waals surface area (Å²) in [5.74, 6) is 1.26. The second kappa shape index (κ2) is 27.2. The first-order chi connectivity index (χ1) is 19.7. The molecule has 0 aliphatic carbocycles. The highest BCUT2D eigenvalue weighted by Gasteiger charge is 2.07. The molecule has 0 spiro atoms. The Morgan fingerprint density at radius 2 is 1.00 bits per heavy atom. The van der Waals surface area contributed by atoms with Crippen LogP contribution in [0.3, 0.4) is 0 Å². The molecule has 0 unspecified atom stereocenters. The summed E-state index contributed by atoms with van der Waals surface area (Å²) in [5, 5.41) is 0. The second-order valence-electron chi connectivity index (χ2n) is 11.3. The minimum atomic E-state index is -0.309. The lowest BCUT2D eigenvalue weighted by Gasteiger charge is -2.14. The average molecular weight is 559 g/mol. The molecule has 0 aromatic heterocycles. The van der Waals surface area contributed by atoms with Crippen molar-refractivity contribution in [2.75, 3.05) is 19.8 Å². The van der Waals surface area contributed by atoms with Crippen molar-refractivity contribution in [3.05, 3.63) is 29.8 Å². The molecule has 230 valence electrons. The van der Waals surface area contributed by atoms with E-state index >= 15 is 0 Å². The molecule has 0 bridgehead atoms. The molecule has 0 heterocycles. The highest BCUT2D eigenvalue weighted by Crippen LogP contribution is 2.30. The van der Waals surface area contributed by atoms with Crippen molar-refractivity contribution in [1.82, 2.24) is 0 Å². The molecule has 0 N–H and O–H groups in total. The first kappa shape index (κ1) is 36.1. The van der Waals surface area contributed by atoms with E-state index in [9.17, 15) is 4.79 Å². The van der Waals surface area contributed by atoms with Crippen LogP contribution < -0.4 is 9.47 Å². The molecular weight excluding hydrogens is 496 g/mol. The zero-order valence-corrected chi connectivity index (χ0v) is 26.5. The molecule has 4 heteroatoms. The van der Waals surface area contributed by atoms with Crippen molar-refractivity contribution in [3.63, 3.8) is 0 Å². The van der Waals surface area contributed by atoms with E-state index in [2.05, 4.69) is 13.8 Å².